The third kappa shape index (κ3) is 4.48. The number of para-hydroxylation sites is 1. The molecule has 3 aromatic heterocycles. The van der Waals surface area contributed by atoms with E-state index in [0.29, 0.717) is 61.5 Å². The zero-order valence-corrected chi connectivity index (χ0v) is 22.2. The van der Waals surface area contributed by atoms with E-state index >= 15 is 0 Å². The Morgan fingerprint density at radius 3 is 2.65 bits per heavy atom. The molecule has 40 heavy (non-hydrogen) atoms. The van der Waals surface area contributed by atoms with Crippen molar-refractivity contribution in [3.05, 3.63) is 112 Å². The van der Waals surface area contributed by atoms with Crippen LogP contribution in [0.5, 0.6) is 0 Å². The zero-order chi connectivity index (χ0) is 27.6. The van der Waals surface area contributed by atoms with Crippen LogP contribution in [-0.4, -0.2) is 29.5 Å². The second-order valence-electron chi connectivity index (χ2n) is 9.12. The van der Waals surface area contributed by atoms with Gasteiger partial charge >= 0.3 is 0 Å². The number of nitrogens with zero attached hydrogens (tertiary/aromatic N) is 6. The van der Waals surface area contributed by atoms with Crippen LogP contribution in [0.25, 0.3) is 38.6 Å². The molecular formula is C30H22N8OS. The number of fused-ring (bicyclic) bond motifs is 2. The smallest absolute Gasteiger partial charge is 0.266 e. The maximum absolute atomic E-state index is 14.4. The molecule has 0 fully saturated rings. The van der Waals surface area contributed by atoms with Crippen LogP contribution in [0, 0.1) is 16.1 Å². The molecule has 6 rings (SSSR count). The van der Waals surface area contributed by atoms with E-state index in [0.717, 1.165) is 5.56 Å². The Morgan fingerprint density at radius 2 is 1.90 bits per heavy atom. The number of aromatic amines is 1. The highest BCUT2D eigenvalue weighted by Crippen LogP contribution is 2.30. The molecule has 2 N–H and O–H groups in total. The van der Waals surface area contributed by atoms with Gasteiger partial charge < -0.3 is 10.3 Å². The van der Waals surface area contributed by atoms with Gasteiger partial charge in [-0.3, -0.25) is 9.36 Å². The predicted molar refractivity (Wildman–Crippen MR) is 157 cm³/mol. The van der Waals surface area contributed by atoms with Gasteiger partial charge in [-0.15, -0.1) is 0 Å². The van der Waals surface area contributed by atoms with E-state index < -0.39 is 0 Å². The molecule has 0 bridgehead atoms. The summed E-state index contributed by atoms with van der Waals surface area (Å²) in [5.74, 6) is 1.10. The monoisotopic (exact) mass is 542 g/mol. The van der Waals surface area contributed by atoms with Crippen LogP contribution < -0.4 is 10.9 Å². The van der Waals surface area contributed by atoms with Crippen molar-refractivity contribution in [2.24, 2.45) is 0 Å². The molecule has 3 heterocycles. The number of nitriles is 1. The number of aromatic nitrogens is 6. The van der Waals surface area contributed by atoms with Crippen molar-refractivity contribution in [3.63, 3.8) is 0 Å². The Balaban J connectivity index is 1.58. The minimum absolute atomic E-state index is 0.205. The second-order valence-corrected chi connectivity index (χ2v) is 9.51. The lowest BCUT2D eigenvalue weighted by Gasteiger charge is -2.23. The van der Waals surface area contributed by atoms with E-state index in [-0.39, 0.29) is 11.6 Å². The maximum Gasteiger partial charge on any atom is 0.266 e. The third-order valence-corrected chi connectivity index (χ3v) is 6.94. The van der Waals surface area contributed by atoms with Gasteiger partial charge in [-0.05, 0) is 60.6 Å². The summed E-state index contributed by atoms with van der Waals surface area (Å²) in [6.45, 7) is 2.02. The van der Waals surface area contributed by atoms with E-state index in [1.54, 1.807) is 35.2 Å². The van der Waals surface area contributed by atoms with Crippen molar-refractivity contribution in [1.29, 1.82) is 5.26 Å². The van der Waals surface area contributed by atoms with Crippen molar-refractivity contribution < 1.29 is 0 Å². The number of anilines is 1. The zero-order valence-electron chi connectivity index (χ0n) is 21.4. The van der Waals surface area contributed by atoms with E-state index in [9.17, 15) is 10.1 Å². The maximum atomic E-state index is 14.4. The Kier molecular flexibility index (Phi) is 6.56. The first-order valence-electron chi connectivity index (χ1n) is 12.6. The third-order valence-electron chi connectivity index (χ3n) is 6.72. The normalized spacial score (nSPS) is 11.8. The van der Waals surface area contributed by atoms with Crippen molar-refractivity contribution >= 4 is 39.8 Å². The number of benzene rings is 3. The first-order chi connectivity index (χ1) is 19.6. The molecule has 0 saturated carbocycles. The summed E-state index contributed by atoms with van der Waals surface area (Å²) in [5, 5.41) is 14.1. The van der Waals surface area contributed by atoms with Gasteiger partial charge in [0.15, 0.2) is 4.77 Å². The van der Waals surface area contributed by atoms with Gasteiger partial charge in [0.25, 0.3) is 5.56 Å². The van der Waals surface area contributed by atoms with Crippen molar-refractivity contribution in [3.8, 4) is 22.9 Å². The molecule has 0 aliphatic heterocycles. The Bertz CT molecular complexity index is 2030. The summed E-state index contributed by atoms with van der Waals surface area (Å²) in [6, 6.07) is 22.1. The molecule has 0 aliphatic rings. The standard InChI is InChI=1S/C30H22N8OS/c1-2-23(36-27-22-13-18(14-31)11-12-24(22)34-17-35-27)28-37-25-10-6-9-21(19-15-32-30(40)33-16-19)26(25)29(39)38(28)20-7-4-3-5-8-20/h3-13,15-17,23H,2H2,1H3,(H,32,33,40)(H,34,35,36). The lowest BCUT2D eigenvalue weighted by molar-refractivity contribution is 0.659. The van der Waals surface area contributed by atoms with Gasteiger partial charge in [-0.1, -0.05) is 37.3 Å². The summed E-state index contributed by atoms with van der Waals surface area (Å²) in [7, 11) is 0. The number of hydrogen-bond acceptors (Lipinski definition) is 8. The molecule has 6 aromatic rings. The molecule has 10 heteroatoms. The van der Waals surface area contributed by atoms with Gasteiger partial charge in [0.05, 0.1) is 39.8 Å². The first kappa shape index (κ1) is 25.0. The Morgan fingerprint density at radius 1 is 1.05 bits per heavy atom. The van der Waals surface area contributed by atoms with E-state index in [1.807, 2.05) is 55.5 Å². The van der Waals surface area contributed by atoms with Crippen LogP contribution in [-0.2, 0) is 0 Å². The van der Waals surface area contributed by atoms with Gasteiger partial charge in [0, 0.05) is 23.3 Å². The average Bonchev–Trinajstić information content (AvgIpc) is 3.00. The lowest BCUT2D eigenvalue weighted by atomic mass is 10.0. The Hall–Kier alpha value is -5.27. The summed E-state index contributed by atoms with van der Waals surface area (Å²) in [4.78, 5) is 35.4. The first-order valence-corrected chi connectivity index (χ1v) is 13.1. The van der Waals surface area contributed by atoms with Crippen LogP contribution in [0.1, 0.15) is 30.8 Å². The molecule has 1 atom stereocenters. The van der Waals surface area contributed by atoms with Crippen LogP contribution >= 0.6 is 12.2 Å². The largest absolute Gasteiger partial charge is 0.359 e. The van der Waals surface area contributed by atoms with Crippen LogP contribution in [0.2, 0.25) is 0 Å². The van der Waals surface area contributed by atoms with Gasteiger partial charge in [0.2, 0.25) is 0 Å². The number of nitrogens with one attached hydrogen (secondary N) is 2. The second kappa shape index (κ2) is 10.5. The van der Waals surface area contributed by atoms with Gasteiger partial charge in [-0.2, -0.15) is 5.26 Å². The van der Waals surface area contributed by atoms with Gasteiger partial charge in [-0.25, -0.2) is 19.9 Å². The minimum atomic E-state index is -0.390. The topological polar surface area (TPSA) is 125 Å². The minimum Gasteiger partial charge on any atom is -0.359 e. The molecule has 0 spiro atoms. The molecule has 3 aromatic carbocycles. The summed E-state index contributed by atoms with van der Waals surface area (Å²) < 4.78 is 2.01. The molecule has 194 valence electrons. The SMILES string of the molecule is CCC(Nc1ncnc2ccc(C#N)cc12)c1nc2cccc(-c3cnc(=S)[nH]c3)c2c(=O)n1-c1ccccc1. The summed E-state index contributed by atoms with van der Waals surface area (Å²) >= 11 is 5.11. The van der Waals surface area contributed by atoms with E-state index in [2.05, 4.69) is 31.3 Å². The number of H-pyrrole nitrogens is 1. The van der Waals surface area contributed by atoms with Crippen molar-refractivity contribution in [2.45, 2.75) is 19.4 Å². The fourth-order valence-electron chi connectivity index (χ4n) is 4.79. The molecule has 9 nitrogen and oxygen atoms in total. The van der Waals surface area contributed by atoms with E-state index in [4.69, 9.17) is 17.2 Å². The fourth-order valence-corrected chi connectivity index (χ4v) is 4.90. The highest BCUT2D eigenvalue weighted by atomic mass is 32.1. The van der Waals surface area contributed by atoms with Crippen molar-refractivity contribution in [1.82, 2.24) is 29.5 Å². The molecule has 0 radical (unpaired) electrons. The fraction of sp³-hybridized carbons (Fsp3) is 0.100. The van der Waals surface area contributed by atoms with E-state index in [1.165, 1.54) is 6.33 Å². The molecular weight excluding hydrogens is 520 g/mol. The lowest BCUT2D eigenvalue weighted by Crippen LogP contribution is -2.28. The molecule has 1 unspecified atom stereocenters. The highest BCUT2D eigenvalue weighted by molar-refractivity contribution is 7.71. The average molecular weight is 543 g/mol. The Labute approximate surface area is 233 Å². The summed E-state index contributed by atoms with van der Waals surface area (Å²) in [5.41, 5.74) is 3.70. The van der Waals surface area contributed by atoms with Crippen molar-refractivity contribution in [2.75, 3.05) is 5.32 Å². The highest BCUT2D eigenvalue weighted by Gasteiger charge is 2.23. The van der Waals surface area contributed by atoms with Crippen LogP contribution in [0.3, 0.4) is 0 Å². The predicted octanol–water partition coefficient (Wildman–Crippen LogP) is 5.88. The number of hydrogen-bond donors (Lipinski definition) is 2. The van der Waals surface area contributed by atoms with Crippen LogP contribution in [0.4, 0.5) is 5.82 Å². The quantitative estimate of drug-likeness (QED) is 0.250. The van der Waals surface area contributed by atoms with Gasteiger partial charge in [0.1, 0.15) is 18.0 Å². The van der Waals surface area contributed by atoms with Crippen LogP contribution in [0.15, 0.2) is 90.2 Å². The molecule has 0 saturated heterocycles. The summed E-state index contributed by atoms with van der Waals surface area (Å²) in [6.07, 6.45) is 5.48. The molecule has 0 amide bonds. The molecule has 0 aliphatic carbocycles. The number of rotatable bonds is 6.